The zero-order valence-corrected chi connectivity index (χ0v) is 12.4. The van der Waals surface area contributed by atoms with Crippen LogP contribution in [0.25, 0.3) is 0 Å². The van der Waals surface area contributed by atoms with Crippen molar-refractivity contribution in [1.29, 1.82) is 0 Å². The van der Waals surface area contributed by atoms with E-state index in [4.69, 9.17) is 0 Å². The highest BCUT2D eigenvalue weighted by Gasteiger charge is 2.29. The van der Waals surface area contributed by atoms with E-state index >= 15 is 0 Å². The summed E-state index contributed by atoms with van der Waals surface area (Å²) in [6.45, 7) is 4.24. The Morgan fingerprint density at radius 3 is 2.05 bits per heavy atom. The zero-order valence-electron chi connectivity index (χ0n) is 12.4. The number of alkyl halides is 3. The van der Waals surface area contributed by atoms with Gasteiger partial charge < -0.3 is 0 Å². The molecular weight excluding hydrogens is 289 g/mol. The molecule has 0 radical (unpaired) electrons. The van der Waals surface area contributed by atoms with Crippen molar-refractivity contribution < 1.29 is 13.2 Å². The molecule has 0 unspecified atom stereocenters. The molecule has 0 spiro atoms. The lowest BCUT2D eigenvalue weighted by atomic mass is 10.0. The second-order valence-corrected chi connectivity index (χ2v) is 5.27. The molecule has 0 aliphatic heterocycles. The number of hydrogen-bond acceptors (Lipinski definition) is 2. The molecule has 0 saturated carbocycles. The van der Waals surface area contributed by atoms with E-state index in [2.05, 4.69) is 24.4 Å². The summed E-state index contributed by atoms with van der Waals surface area (Å²) < 4.78 is 37.3. The molecule has 0 amide bonds. The van der Waals surface area contributed by atoms with Crippen molar-refractivity contribution in [2.75, 3.05) is 5.43 Å². The molecule has 0 atom stereocenters. The summed E-state index contributed by atoms with van der Waals surface area (Å²) in [4.78, 5) is 0. The molecule has 116 valence electrons. The highest BCUT2D eigenvalue weighted by Crippen LogP contribution is 2.29. The van der Waals surface area contributed by atoms with Gasteiger partial charge in [0.15, 0.2) is 0 Å². The van der Waals surface area contributed by atoms with Gasteiger partial charge in [0.2, 0.25) is 0 Å². The van der Waals surface area contributed by atoms with E-state index < -0.39 is 11.7 Å². The number of nitrogens with one attached hydrogen (secondary N) is 1. The predicted molar refractivity (Wildman–Crippen MR) is 83.2 cm³/mol. The van der Waals surface area contributed by atoms with Crippen molar-refractivity contribution in [2.24, 2.45) is 5.10 Å². The first kappa shape index (κ1) is 16.1. The van der Waals surface area contributed by atoms with Crippen LogP contribution in [0.2, 0.25) is 0 Å². The quantitative estimate of drug-likeness (QED) is 0.603. The third kappa shape index (κ3) is 4.35. The third-order valence-corrected chi connectivity index (χ3v) is 3.22. The molecule has 0 saturated heterocycles. The Balaban J connectivity index is 1.97. The monoisotopic (exact) mass is 306 g/mol. The van der Waals surface area contributed by atoms with E-state index in [9.17, 15) is 13.2 Å². The average Bonchev–Trinajstić information content (AvgIpc) is 2.47. The molecule has 1 N–H and O–H groups in total. The van der Waals surface area contributed by atoms with Gasteiger partial charge in [-0.15, -0.1) is 0 Å². The predicted octanol–water partition coefficient (Wildman–Crippen LogP) is 5.27. The lowest BCUT2D eigenvalue weighted by Gasteiger charge is -2.07. The minimum absolute atomic E-state index is 0.469. The fourth-order valence-electron chi connectivity index (χ4n) is 1.88. The molecule has 2 aromatic rings. The maximum Gasteiger partial charge on any atom is 0.416 e. The van der Waals surface area contributed by atoms with Crippen LogP contribution in [0.1, 0.15) is 36.5 Å². The lowest BCUT2D eigenvalue weighted by Crippen LogP contribution is -2.04. The van der Waals surface area contributed by atoms with Crippen LogP contribution in [-0.4, -0.2) is 6.21 Å². The normalized spacial score (nSPS) is 12.1. The molecule has 5 heteroatoms. The molecule has 0 bridgehead atoms. The van der Waals surface area contributed by atoms with Crippen LogP contribution in [0.3, 0.4) is 0 Å². The summed E-state index contributed by atoms with van der Waals surface area (Å²) in [7, 11) is 0. The van der Waals surface area contributed by atoms with Gasteiger partial charge in [-0.25, -0.2) is 0 Å². The standard InChI is InChI=1S/C17H17F3N2/c1-12(2)14-5-3-13(4-6-14)11-21-22-16-9-7-15(8-10-16)17(18,19)20/h3-12,22H,1-2H3. The van der Waals surface area contributed by atoms with E-state index in [-0.39, 0.29) is 0 Å². The smallest absolute Gasteiger partial charge is 0.279 e. The summed E-state index contributed by atoms with van der Waals surface area (Å²) in [5, 5.41) is 4.02. The largest absolute Gasteiger partial charge is 0.416 e. The van der Waals surface area contributed by atoms with Crippen molar-refractivity contribution in [3.63, 3.8) is 0 Å². The summed E-state index contributed by atoms with van der Waals surface area (Å²) >= 11 is 0. The number of hydrogen-bond donors (Lipinski definition) is 1. The Kier molecular flexibility index (Phi) is 4.85. The zero-order chi connectivity index (χ0) is 16.2. The van der Waals surface area contributed by atoms with Crippen LogP contribution in [0.4, 0.5) is 18.9 Å². The maximum atomic E-state index is 12.4. The highest BCUT2D eigenvalue weighted by molar-refractivity contribution is 5.80. The fraction of sp³-hybridized carbons (Fsp3) is 0.235. The van der Waals surface area contributed by atoms with E-state index in [0.29, 0.717) is 11.6 Å². The van der Waals surface area contributed by atoms with Crippen LogP contribution in [0.15, 0.2) is 53.6 Å². The third-order valence-electron chi connectivity index (χ3n) is 3.22. The number of benzene rings is 2. The Bertz CT molecular complexity index is 626. The first-order chi connectivity index (χ1) is 10.4. The van der Waals surface area contributed by atoms with E-state index in [1.54, 1.807) is 6.21 Å². The van der Waals surface area contributed by atoms with Crippen LogP contribution >= 0.6 is 0 Å². The number of rotatable bonds is 4. The van der Waals surface area contributed by atoms with Crippen molar-refractivity contribution >= 4 is 11.9 Å². The Labute approximate surface area is 127 Å². The van der Waals surface area contributed by atoms with Crippen LogP contribution < -0.4 is 5.43 Å². The van der Waals surface area contributed by atoms with Crippen LogP contribution in [0.5, 0.6) is 0 Å². The molecule has 22 heavy (non-hydrogen) atoms. The van der Waals surface area contributed by atoms with Gasteiger partial charge in [-0.2, -0.15) is 18.3 Å². The van der Waals surface area contributed by atoms with Gasteiger partial charge >= 0.3 is 6.18 Å². The highest BCUT2D eigenvalue weighted by atomic mass is 19.4. The topological polar surface area (TPSA) is 24.4 Å². The van der Waals surface area contributed by atoms with Crippen LogP contribution in [0, 0.1) is 0 Å². The van der Waals surface area contributed by atoms with Gasteiger partial charge in [0, 0.05) is 0 Å². The minimum atomic E-state index is -4.32. The maximum absolute atomic E-state index is 12.4. The van der Waals surface area contributed by atoms with E-state index in [1.807, 2.05) is 24.3 Å². The van der Waals surface area contributed by atoms with Crippen molar-refractivity contribution in [3.05, 3.63) is 65.2 Å². The number of hydrazone groups is 1. The van der Waals surface area contributed by atoms with Crippen molar-refractivity contribution in [1.82, 2.24) is 0 Å². The van der Waals surface area contributed by atoms with E-state index in [1.165, 1.54) is 17.7 Å². The number of halogens is 3. The van der Waals surface area contributed by atoms with Gasteiger partial charge in [-0.05, 0) is 41.3 Å². The van der Waals surface area contributed by atoms with Gasteiger partial charge in [0.05, 0.1) is 17.5 Å². The first-order valence-electron chi connectivity index (χ1n) is 6.92. The molecule has 0 fully saturated rings. The molecule has 0 heterocycles. The molecule has 0 aliphatic rings. The van der Waals surface area contributed by atoms with Gasteiger partial charge in [0.1, 0.15) is 0 Å². The molecule has 2 aromatic carbocycles. The molecule has 0 aliphatic carbocycles. The van der Waals surface area contributed by atoms with Crippen molar-refractivity contribution in [2.45, 2.75) is 25.9 Å². The van der Waals surface area contributed by atoms with E-state index in [0.717, 1.165) is 17.7 Å². The summed E-state index contributed by atoms with van der Waals surface area (Å²) in [5.74, 6) is 0.469. The Morgan fingerprint density at radius 2 is 1.55 bits per heavy atom. The first-order valence-corrected chi connectivity index (χ1v) is 6.92. The number of nitrogens with zero attached hydrogens (tertiary/aromatic N) is 1. The Morgan fingerprint density at radius 1 is 0.955 bits per heavy atom. The molecule has 0 aromatic heterocycles. The second kappa shape index (κ2) is 6.64. The van der Waals surface area contributed by atoms with Crippen LogP contribution in [-0.2, 0) is 6.18 Å². The molecular formula is C17H17F3N2. The number of anilines is 1. The van der Waals surface area contributed by atoms with Gasteiger partial charge in [-0.3, -0.25) is 5.43 Å². The average molecular weight is 306 g/mol. The molecule has 2 rings (SSSR count). The molecule has 2 nitrogen and oxygen atoms in total. The minimum Gasteiger partial charge on any atom is -0.279 e. The van der Waals surface area contributed by atoms with Crippen molar-refractivity contribution in [3.8, 4) is 0 Å². The fourth-order valence-corrected chi connectivity index (χ4v) is 1.88. The van der Waals surface area contributed by atoms with Gasteiger partial charge in [0.25, 0.3) is 0 Å². The SMILES string of the molecule is CC(C)c1ccc(C=NNc2ccc(C(F)(F)F)cc2)cc1. The Hall–Kier alpha value is -2.30. The lowest BCUT2D eigenvalue weighted by molar-refractivity contribution is -0.137. The summed E-state index contributed by atoms with van der Waals surface area (Å²) in [6, 6.07) is 12.7. The van der Waals surface area contributed by atoms with Gasteiger partial charge in [-0.1, -0.05) is 38.1 Å². The summed E-state index contributed by atoms with van der Waals surface area (Å²) in [6.07, 6.45) is -2.69. The summed E-state index contributed by atoms with van der Waals surface area (Å²) in [5.41, 5.74) is 4.70. The second-order valence-electron chi connectivity index (χ2n) is 5.27.